The second-order valence-electron chi connectivity index (χ2n) is 12.5. The normalized spacial score (nSPS) is 21.0. The van der Waals surface area contributed by atoms with Crippen molar-refractivity contribution >= 4 is 29.3 Å². The molecule has 0 unspecified atom stereocenters. The number of carbonyl (C=O) groups is 4. The van der Waals surface area contributed by atoms with Gasteiger partial charge in [0.05, 0.1) is 5.69 Å². The van der Waals surface area contributed by atoms with E-state index in [0.29, 0.717) is 36.8 Å². The molecule has 1 aromatic heterocycles. The van der Waals surface area contributed by atoms with Gasteiger partial charge in [-0.25, -0.2) is 4.39 Å². The molecular formula is C33H48FN7O4. The van der Waals surface area contributed by atoms with E-state index in [1.165, 1.54) is 12.1 Å². The van der Waals surface area contributed by atoms with Gasteiger partial charge in [0.1, 0.15) is 23.6 Å². The van der Waals surface area contributed by atoms with Crippen LogP contribution in [0, 0.1) is 17.7 Å². The summed E-state index contributed by atoms with van der Waals surface area (Å²) in [5.41, 5.74) is 0.866. The number of benzene rings is 1. The van der Waals surface area contributed by atoms with Gasteiger partial charge in [0.15, 0.2) is 0 Å². The molecule has 45 heavy (non-hydrogen) atoms. The molecule has 2 aromatic rings. The van der Waals surface area contributed by atoms with Gasteiger partial charge in [-0.1, -0.05) is 39.7 Å². The van der Waals surface area contributed by atoms with Gasteiger partial charge in [0.2, 0.25) is 17.7 Å². The number of anilines is 1. The lowest BCUT2D eigenvalue weighted by Crippen LogP contribution is -2.55. The Hall–Kier alpha value is -3.80. The molecule has 3 N–H and O–H groups in total. The third-order valence-corrected chi connectivity index (χ3v) is 9.35. The summed E-state index contributed by atoms with van der Waals surface area (Å²) in [6.07, 6.45) is 5.21. The van der Waals surface area contributed by atoms with Crippen LogP contribution < -0.4 is 16.0 Å². The van der Waals surface area contributed by atoms with E-state index in [2.05, 4.69) is 32.9 Å². The topological polar surface area (TPSA) is 129 Å². The standard InChI is InChI=1S/C33H48FN7O4/c1-6-28(42)37-29(33(45)40-18-16-39(5)17-19-40)22(4)24-12-13-26(25(34)20-24)36-32(44)30(23-10-8-21(3)9-11-23)38-31(43)27-14-15-35-41(27)7-2/h12-15,20-23,29-30H,6-11,16-19H2,1-5H3,(H,36,44)(H,37,42)(H,38,43)/t21-,22-,23-,29-,30-/m0/s1. The lowest BCUT2D eigenvalue weighted by molar-refractivity contribution is -0.138. The Balaban J connectivity index is 1.52. The van der Waals surface area contributed by atoms with Crippen LogP contribution in [0.5, 0.6) is 0 Å². The number of piperazine rings is 1. The van der Waals surface area contributed by atoms with Gasteiger partial charge in [0.25, 0.3) is 5.91 Å². The lowest BCUT2D eigenvalue weighted by atomic mass is 9.79. The summed E-state index contributed by atoms with van der Waals surface area (Å²) in [4.78, 5) is 56.7. The highest BCUT2D eigenvalue weighted by atomic mass is 19.1. The molecule has 1 saturated carbocycles. The first-order valence-electron chi connectivity index (χ1n) is 16.2. The Bertz CT molecular complexity index is 1350. The van der Waals surface area contributed by atoms with Gasteiger partial charge in [-0.2, -0.15) is 5.10 Å². The van der Waals surface area contributed by atoms with Gasteiger partial charge >= 0.3 is 0 Å². The van der Waals surface area contributed by atoms with Crippen LogP contribution in [0.15, 0.2) is 30.5 Å². The number of hydrogen-bond acceptors (Lipinski definition) is 6. The smallest absolute Gasteiger partial charge is 0.270 e. The van der Waals surface area contributed by atoms with Crippen molar-refractivity contribution < 1.29 is 23.6 Å². The van der Waals surface area contributed by atoms with E-state index in [-0.39, 0.29) is 29.8 Å². The molecule has 3 atom stereocenters. The quantitative estimate of drug-likeness (QED) is 0.351. The Kier molecular flexibility index (Phi) is 11.7. The second kappa shape index (κ2) is 15.5. The SMILES string of the molecule is CCC(=O)N[C@H](C(=O)N1CCN(C)CC1)[C@@H](C)c1ccc(NC(=O)[C@@H](NC(=O)c2ccnn2CC)[C@H]2CC[C@H](C)CC2)c(F)c1. The Morgan fingerprint density at radius 1 is 1.00 bits per heavy atom. The predicted octanol–water partition coefficient (Wildman–Crippen LogP) is 3.38. The zero-order valence-corrected chi connectivity index (χ0v) is 27.1. The largest absolute Gasteiger partial charge is 0.344 e. The lowest BCUT2D eigenvalue weighted by Gasteiger charge is -2.36. The number of nitrogens with one attached hydrogen (secondary N) is 3. The van der Waals surface area contributed by atoms with Gasteiger partial charge < -0.3 is 25.8 Å². The van der Waals surface area contributed by atoms with Crippen molar-refractivity contribution in [2.45, 2.75) is 84.3 Å². The van der Waals surface area contributed by atoms with Crippen LogP contribution in [0.4, 0.5) is 10.1 Å². The fourth-order valence-electron chi connectivity index (χ4n) is 6.23. The molecule has 1 aromatic carbocycles. The third kappa shape index (κ3) is 8.47. The van der Waals surface area contributed by atoms with Crippen LogP contribution in [-0.4, -0.2) is 88.5 Å². The first-order chi connectivity index (χ1) is 21.5. The van der Waals surface area contributed by atoms with Crippen LogP contribution in [0.3, 0.4) is 0 Å². The highest BCUT2D eigenvalue weighted by Crippen LogP contribution is 2.32. The molecule has 0 bridgehead atoms. The van der Waals surface area contributed by atoms with Crippen LogP contribution in [0.1, 0.15) is 81.8 Å². The number of aromatic nitrogens is 2. The van der Waals surface area contributed by atoms with Crippen molar-refractivity contribution in [3.8, 4) is 0 Å². The summed E-state index contributed by atoms with van der Waals surface area (Å²) in [6, 6.07) is 4.36. The number of amides is 4. The molecule has 0 radical (unpaired) electrons. The van der Waals surface area contributed by atoms with Gasteiger partial charge in [0, 0.05) is 51.3 Å². The summed E-state index contributed by atoms with van der Waals surface area (Å²) in [7, 11) is 2.00. The number of aryl methyl sites for hydroxylation is 1. The average Bonchev–Trinajstić information content (AvgIpc) is 3.53. The molecule has 1 aliphatic heterocycles. The molecule has 246 valence electrons. The van der Waals surface area contributed by atoms with E-state index in [1.807, 2.05) is 14.0 Å². The van der Waals surface area contributed by atoms with E-state index in [1.54, 1.807) is 41.8 Å². The first kappa shape index (κ1) is 34.1. The molecule has 1 aliphatic carbocycles. The molecule has 4 amide bonds. The minimum absolute atomic E-state index is 0.0162. The number of rotatable bonds is 11. The Morgan fingerprint density at radius 2 is 1.69 bits per heavy atom. The number of hydrogen-bond donors (Lipinski definition) is 3. The average molecular weight is 626 g/mol. The Labute approximate surface area is 265 Å². The predicted molar refractivity (Wildman–Crippen MR) is 170 cm³/mol. The van der Waals surface area contributed by atoms with E-state index in [4.69, 9.17) is 0 Å². The molecule has 2 heterocycles. The monoisotopic (exact) mass is 625 g/mol. The number of likely N-dealkylation sites (N-methyl/N-ethyl adjacent to an activating group) is 1. The van der Waals surface area contributed by atoms with E-state index in [9.17, 15) is 19.2 Å². The number of nitrogens with zero attached hydrogens (tertiary/aromatic N) is 4. The number of halogens is 1. The highest BCUT2D eigenvalue weighted by Gasteiger charge is 2.35. The molecule has 2 fully saturated rings. The molecular weight excluding hydrogens is 577 g/mol. The summed E-state index contributed by atoms with van der Waals surface area (Å²) in [6.45, 7) is 10.7. The highest BCUT2D eigenvalue weighted by molar-refractivity contribution is 6.00. The first-order valence-corrected chi connectivity index (χ1v) is 16.2. The maximum Gasteiger partial charge on any atom is 0.270 e. The molecule has 11 nitrogen and oxygen atoms in total. The van der Waals surface area contributed by atoms with Crippen molar-refractivity contribution in [1.82, 2.24) is 30.2 Å². The Morgan fingerprint density at radius 3 is 2.31 bits per heavy atom. The molecule has 12 heteroatoms. The van der Waals surface area contributed by atoms with Crippen molar-refractivity contribution in [3.05, 3.63) is 47.5 Å². The van der Waals surface area contributed by atoms with Crippen molar-refractivity contribution in [3.63, 3.8) is 0 Å². The fraction of sp³-hybridized carbons (Fsp3) is 0.606. The molecule has 4 rings (SSSR count). The zero-order valence-electron chi connectivity index (χ0n) is 27.1. The van der Waals surface area contributed by atoms with Gasteiger partial charge in [-0.3, -0.25) is 23.9 Å². The summed E-state index contributed by atoms with van der Waals surface area (Å²) >= 11 is 0. The van der Waals surface area contributed by atoms with E-state index < -0.39 is 35.6 Å². The van der Waals surface area contributed by atoms with E-state index >= 15 is 4.39 Å². The summed E-state index contributed by atoms with van der Waals surface area (Å²) in [5, 5.41) is 12.6. The minimum Gasteiger partial charge on any atom is -0.344 e. The third-order valence-electron chi connectivity index (χ3n) is 9.35. The molecule has 2 aliphatic rings. The van der Waals surface area contributed by atoms with Gasteiger partial charge in [-0.05, 0) is 62.4 Å². The summed E-state index contributed by atoms with van der Waals surface area (Å²) < 4.78 is 17.2. The minimum atomic E-state index is -0.856. The maximum absolute atomic E-state index is 15.6. The van der Waals surface area contributed by atoms with Crippen molar-refractivity contribution in [2.24, 2.45) is 11.8 Å². The van der Waals surface area contributed by atoms with Crippen LogP contribution >= 0.6 is 0 Å². The number of carbonyl (C=O) groups excluding carboxylic acids is 4. The van der Waals surface area contributed by atoms with Crippen LogP contribution in [0.2, 0.25) is 0 Å². The molecule has 1 saturated heterocycles. The second-order valence-corrected chi connectivity index (χ2v) is 12.5. The summed E-state index contributed by atoms with van der Waals surface area (Å²) in [5.74, 6) is -2.06. The fourth-order valence-corrected chi connectivity index (χ4v) is 6.23. The van der Waals surface area contributed by atoms with Crippen LogP contribution in [0.25, 0.3) is 0 Å². The molecule has 0 spiro atoms. The van der Waals surface area contributed by atoms with Crippen LogP contribution in [-0.2, 0) is 20.9 Å². The maximum atomic E-state index is 15.6. The van der Waals surface area contributed by atoms with E-state index in [0.717, 1.165) is 38.8 Å². The van der Waals surface area contributed by atoms with Crippen molar-refractivity contribution in [2.75, 3.05) is 38.5 Å². The van der Waals surface area contributed by atoms with Gasteiger partial charge in [-0.15, -0.1) is 0 Å². The van der Waals surface area contributed by atoms with Crippen molar-refractivity contribution in [1.29, 1.82) is 0 Å². The zero-order chi connectivity index (χ0) is 32.7.